The van der Waals surface area contributed by atoms with Crippen LogP contribution in [0.15, 0.2) is 12.2 Å². The first kappa shape index (κ1) is 33.0. The summed E-state index contributed by atoms with van der Waals surface area (Å²) in [4.78, 5) is 24.7. The minimum atomic E-state index is -1.12. The summed E-state index contributed by atoms with van der Waals surface area (Å²) in [5.74, 6) is 1.99. The van der Waals surface area contributed by atoms with E-state index >= 15 is 0 Å². The van der Waals surface area contributed by atoms with E-state index in [0.29, 0.717) is 34.0 Å². The molecule has 3 N–H and O–H groups in total. The number of allylic oxidation sites excluding steroid dienone is 1. The standard InChI is InChI=1S/C38H63NO4/c1-24(2)25-13-19-38(16-10-22-39)21-20-36(8)26(31(25)38)11-12-28-35(7)17-15-29(43-30(40)23-33(3,4)32(41)42)34(5,6)27(35)14-18-37(28,36)9/h25-29,31H,1,10-23,39H2,2-9H3,(H,41,42)/t25-,26+,27-,28+,29-,31+,35-,36+,37+,38+/m0/s1. The van der Waals surface area contributed by atoms with E-state index < -0.39 is 11.4 Å². The van der Waals surface area contributed by atoms with Gasteiger partial charge in [0.2, 0.25) is 0 Å². The average Bonchev–Trinajstić information content (AvgIpc) is 3.29. The summed E-state index contributed by atoms with van der Waals surface area (Å²) in [5.41, 5.74) is 7.54. The van der Waals surface area contributed by atoms with Crippen LogP contribution in [-0.4, -0.2) is 29.7 Å². The highest BCUT2D eigenvalue weighted by Crippen LogP contribution is 2.78. The highest BCUT2D eigenvalue weighted by molar-refractivity contribution is 5.81. The van der Waals surface area contributed by atoms with Gasteiger partial charge in [0, 0.05) is 5.41 Å². The summed E-state index contributed by atoms with van der Waals surface area (Å²) in [6.07, 6.45) is 14.6. The average molecular weight is 598 g/mol. The number of ether oxygens (including phenoxy) is 1. The van der Waals surface area contributed by atoms with Crippen LogP contribution < -0.4 is 5.73 Å². The Labute approximate surface area is 262 Å². The van der Waals surface area contributed by atoms with E-state index in [9.17, 15) is 14.7 Å². The maximum absolute atomic E-state index is 13.0. The zero-order chi connectivity index (χ0) is 31.8. The van der Waals surface area contributed by atoms with Crippen LogP contribution in [0.4, 0.5) is 0 Å². The molecule has 0 aromatic carbocycles. The highest BCUT2D eigenvalue weighted by Gasteiger charge is 2.71. The number of hydrogen-bond acceptors (Lipinski definition) is 4. The quantitative estimate of drug-likeness (QED) is 0.216. The summed E-state index contributed by atoms with van der Waals surface area (Å²) >= 11 is 0. The zero-order valence-corrected chi connectivity index (χ0v) is 28.8. The van der Waals surface area contributed by atoms with Gasteiger partial charge in [0.1, 0.15) is 6.10 Å². The van der Waals surface area contributed by atoms with Crippen LogP contribution in [0.3, 0.4) is 0 Å². The van der Waals surface area contributed by atoms with E-state index in [1.807, 2.05) is 0 Å². The second kappa shape index (κ2) is 10.9. The Hall–Kier alpha value is -1.36. The third-order valence-electron chi connectivity index (χ3n) is 15.5. The molecule has 10 atom stereocenters. The van der Waals surface area contributed by atoms with Crippen LogP contribution in [0, 0.1) is 62.1 Å². The second-order valence-corrected chi connectivity index (χ2v) is 18.1. The van der Waals surface area contributed by atoms with Gasteiger partial charge >= 0.3 is 11.9 Å². The van der Waals surface area contributed by atoms with Gasteiger partial charge in [-0.25, -0.2) is 0 Å². The topological polar surface area (TPSA) is 89.6 Å². The molecule has 0 aromatic rings. The Morgan fingerprint density at radius 3 is 2.23 bits per heavy atom. The van der Waals surface area contributed by atoms with Crippen LogP contribution >= 0.6 is 0 Å². The molecular weight excluding hydrogens is 534 g/mol. The molecule has 5 rings (SSSR count). The monoisotopic (exact) mass is 597 g/mol. The third-order valence-corrected chi connectivity index (χ3v) is 15.5. The molecule has 244 valence electrons. The molecule has 0 radical (unpaired) electrons. The number of nitrogens with two attached hydrogens (primary N) is 1. The number of carboxylic acids is 1. The molecule has 5 saturated carbocycles. The van der Waals surface area contributed by atoms with Gasteiger partial charge in [0.15, 0.2) is 0 Å². The van der Waals surface area contributed by atoms with Crippen molar-refractivity contribution < 1.29 is 19.4 Å². The number of carboxylic acid groups (broad SMARTS) is 1. The first-order valence-electron chi connectivity index (χ1n) is 17.7. The van der Waals surface area contributed by atoms with Crippen LogP contribution in [0.1, 0.15) is 139 Å². The number of esters is 1. The van der Waals surface area contributed by atoms with Crippen molar-refractivity contribution in [3.8, 4) is 0 Å². The first-order valence-corrected chi connectivity index (χ1v) is 17.7. The molecule has 5 nitrogen and oxygen atoms in total. The number of carbonyl (C=O) groups is 2. The predicted octanol–water partition coefficient (Wildman–Crippen LogP) is 8.80. The van der Waals surface area contributed by atoms with Gasteiger partial charge in [-0.15, -0.1) is 0 Å². The Morgan fingerprint density at radius 1 is 0.907 bits per heavy atom. The minimum Gasteiger partial charge on any atom is -0.481 e. The maximum Gasteiger partial charge on any atom is 0.309 e. The smallest absolute Gasteiger partial charge is 0.309 e. The number of aliphatic carboxylic acids is 1. The van der Waals surface area contributed by atoms with Gasteiger partial charge < -0.3 is 15.6 Å². The van der Waals surface area contributed by atoms with Crippen molar-refractivity contribution in [1.29, 1.82) is 0 Å². The molecule has 0 bridgehead atoms. The van der Waals surface area contributed by atoms with Gasteiger partial charge in [-0.1, -0.05) is 46.8 Å². The molecule has 5 aliphatic rings. The van der Waals surface area contributed by atoms with E-state index in [0.717, 1.165) is 37.6 Å². The Bertz CT molecular complexity index is 1130. The SMILES string of the molecule is C=C(C)[C@@H]1CC[C@]2(CCCN)CC[C@]3(C)[C@H](CC[C@@H]4[C@@]5(C)CC[C@H](OC(=O)CC(C)(C)C(=O)O)C(C)(C)[C@@H]5CC[C@]43C)[C@@H]12. The lowest BCUT2D eigenvalue weighted by atomic mass is 9.32. The van der Waals surface area contributed by atoms with Gasteiger partial charge in [0.25, 0.3) is 0 Å². The van der Waals surface area contributed by atoms with Crippen molar-refractivity contribution in [2.45, 2.75) is 145 Å². The highest BCUT2D eigenvalue weighted by atomic mass is 16.5. The fourth-order valence-corrected chi connectivity index (χ4v) is 13.0. The van der Waals surface area contributed by atoms with Crippen molar-refractivity contribution in [3.63, 3.8) is 0 Å². The fourth-order valence-electron chi connectivity index (χ4n) is 13.0. The van der Waals surface area contributed by atoms with Gasteiger partial charge in [-0.05, 0) is 156 Å². The summed E-state index contributed by atoms with van der Waals surface area (Å²) < 4.78 is 6.16. The minimum absolute atomic E-state index is 0.0869. The van der Waals surface area contributed by atoms with Crippen LogP contribution in [0.5, 0.6) is 0 Å². The molecule has 5 heteroatoms. The van der Waals surface area contributed by atoms with Crippen molar-refractivity contribution in [1.82, 2.24) is 0 Å². The van der Waals surface area contributed by atoms with Gasteiger partial charge in [0.05, 0.1) is 11.8 Å². The summed E-state index contributed by atoms with van der Waals surface area (Å²) in [7, 11) is 0. The lowest BCUT2D eigenvalue weighted by molar-refractivity contribution is -0.250. The largest absolute Gasteiger partial charge is 0.481 e. The Kier molecular flexibility index (Phi) is 8.35. The number of hydrogen-bond donors (Lipinski definition) is 2. The van der Waals surface area contributed by atoms with Crippen LogP contribution in [0.2, 0.25) is 0 Å². The summed E-state index contributed by atoms with van der Waals surface area (Å²) in [6.45, 7) is 23.5. The molecule has 43 heavy (non-hydrogen) atoms. The summed E-state index contributed by atoms with van der Waals surface area (Å²) in [5, 5.41) is 9.55. The summed E-state index contributed by atoms with van der Waals surface area (Å²) in [6, 6.07) is 0. The molecule has 0 unspecified atom stereocenters. The predicted molar refractivity (Wildman–Crippen MR) is 173 cm³/mol. The Morgan fingerprint density at radius 2 is 1.60 bits per heavy atom. The van der Waals surface area contributed by atoms with Crippen molar-refractivity contribution in [3.05, 3.63) is 12.2 Å². The molecule has 5 aliphatic carbocycles. The normalized spacial score (nSPS) is 45.2. The van der Waals surface area contributed by atoms with Crippen LogP contribution in [0.25, 0.3) is 0 Å². The third kappa shape index (κ3) is 4.87. The maximum atomic E-state index is 13.0. The van der Waals surface area contributed by atoms with E-state index in [2.05, 4.69) is 48.1 Å². The Balaban J connectivity index is 1.41. The van der Waals surface area contributed by atoms with Crippen molar-refractivity contribution in [2.24, 2.45) is 67.8 Å². The molecule has 0 aliphatic heterocycles. The second-order valence-electron chi connectivity index (χ2n) is 18.1. The molecule has 0 aromatic heterocycles. The number of carbonyl (C=O) groups excluding carboxylic acids is 1. The molecule has 0 heterocycles. The lowest BCUT2D eigenvalue weighted by Gasteiger charge is -2.73. The van der Waals surface area contributed by atoms with Crippen LogP contribution in [-0.2, 0) is 14.3 Å². The number of rotatable bonds is 8. The van der Waals surface area contributed by atoms with Gasteiger partial charge in [-0.3, -0.25) is 9.59 Å². The fraction of sp³-hybridized carbons (Fsp3) is 0.895. The zero-order valence-electron chi connectivity index (χ0n) is 28.8. The lowest BCUT2D eigenvalue weighted by Crippen LogP contribution is -2.66. The number of fused-ring (bicyclic) bond motifs is 7. The molecule has 0 amide bonds. The molecular formula is C38H63NO4. The molecule has 5 fully saturated rings. The van der Waals surface area contributed by atoms with E-state index in [4.69, 9.17) is 10.5 Å². The first-order chi connectivity index (χ1) is 19.9. The van der Waals surface area contributed by atoms with Gasteiger partial charge in [-0.2, -0.15) is 0 Å². The van der Waals surface area contributed by atoms with E-state index in [1.165, 1.54) is 63.4 Å². The molecule has 0 saturated heterocycles. The van der Waals surface area contributed by atoms with E-state index in [1.54, 1.807) is 13.8 Å². The molecule has 0 spiro atoms. The van der Waals surface area contributed by atoms with E-state index in [-0.39, 0.29) is 29.3 Å². The van der Waals surface area contributed by atoms with Crippen molar-refractivity contribution in [2.75, 3.05) is 6.54 Å². The van der Waals surface area contributed by atoms with Crippen molar-refractivity contribution >= 4 is 11.9 Å².